The molecule has 5 nitrogen and oxygen atoms in total. The minimum atomic E-state index is -4.74. The molecule has 0 saturated carbocycles. The van der Waals surface area contributed by atoms with E-state index in [0.29, 0.717) is 5.56 Å². The number of rotatable bonds is 5. The van der Waals surface area contributed by atoms with E-state index in [0.717, 1.165) is 23.4 Å². The molecule has 1 atom stereocenters. The van der Waals surface area contributed by atoms with Gasteiger partial charge in [-0.05, 0) is 37.1 Å². The zero-order valence-electron chi connectivity index (χ0n) is 12.5. The zero-order valence-corrected chi connectivity index (χ0v) is 12.5. The highest BCUT2D eigenvalue weighted by atomic mass is 19.4. The van der Waals surface area contributed by atoms with Crippen LogP contribution in [-0.4, -0.2) is 28.3 Å². The van der Waals surface area contributed by atoms with Crippen molar-refractivity contribution >= 4 is 0 Å². The van der Waals surface area contributed by atoms with Gasteiger partial charge in [-0.3, -0.25) is 0 Å². The topological polar surface area (TPSA) is 64.5 Å². The molecule has 0 saturated heterocycles. The van der Waals surface area contributed by atoms with Gasteiger partial charge in [0.05, 0.1) is 5.69 Å². The molecule has 0 aliphatic heterocycles. The highest BCUT2D eigenvalue weighted by molar-refractivity contribution is 5.29. The SMILES string of the molecule is Cc1cc(OCC(O)c2ccc(OC(F)(F)F)cc2)nnc1C. The van der Waals surface area contributed by atoms with Crippen molar-refractivity contribution in [1.29, 1.82) is 0 Å². The molecule has 0 spiro atoms. The summed E-state index contributed by atoms with van der Waals surface area (Å²) in [7, 11) is 0. The maximum Gasteiger partial charge on any atom is 0.573 e. The first-order valence-electron chi connectivity index (χ1n) is 6.72. The molecule has 1 aromatic heterocycles. The third kappa shape index (κ3) is 5.10. The van der Waals surface area contributed by atoms with Gasteiger partial charge in [-0.1, -0.05) is 12.1 Å². The summed E-state index contributed by atoms with van der Waals surface area (Å²) in [4.78, 5) is 0. The number of hydrogen-bond acceptors (Lipinski definition) is 5. The normalized spacial score (nSPS) is 12.8. The highest BCUT2D eigenvalue weighted by Crippen LogP contribution is 2.24. The number of nitrogens with zero attached hydrogens (tertiary/aromatic N) is 2. The van der Waals surface area contributed by atoms with Crippen molar-refractivity contribution in [1.82, 2.24) is 10.2 Å². The fourth-order valence-electron chi connectivity index (χ4n) is 1.74. The lowest BCUT2D eigenvalue weighted by Crippen LogP contribution is -2.17. The molecule has 23 heavy (non-hydrogen) atoms. The molecule has 1 N–H and O–H groups in total. The Hall–Kier alpha value is -2.35. The van der Waals surface area contributed by atoms with E-state index in [4.69, 9.17) is 4.74 Å². The van der Waals surface area contributed by atoms with Crippen LogP contribution in [0, 0.1) is 13.8 Å². The lowest BCUT2D eigenvalue weighted by atomic mass is 10.1. The third-order valence-electron chi connectivity index (χ3n) is 3.10. The first kappa shape index (κ1) is 17.0. The molecule has 1 heterocycles. The Kier molecular flexibility index (Phi) is 5.05. The van der Waals surface area contributed by atoms with Gasteiger partial charge in [0.2, 0.25) is 5.88 Å². The molecule has 0 fully saturated rings. The Morgan fingerprint density at radius 3 is 2.35 bits per heavy atom. The molecule has 0 aliphatic rings. The van der Waals surface area contributed by atoms with Crippen molar-refractivity contribution in [3.05, 3.63) is 47.2 Å². The number of aliphatic hydroxyl groups excluding tert-OH is 1. The number of aliphatic hydroxyl groups is 1. The predicted octanol–water partition coefficient (Wildman–Crippen LogP) is 3.10. The second-order valence-electron chi connectivity index (χ2n) is 4.89. The van der Waals surface area contributed by atoms with Crippen molar-refractivity contribution in [2.24, 2.45) is 0 Å². The second kappa shape index (κ2) is 6.82. The van der Waals surface area contributed by atoms with E-state index in [9.17, 15) is 18.3 Å². The fraction of sp³-hybridized carbons (Fsp3) is 0.333. The smallest absolute Gasteiger partial charge is 0.473 e. The molecule has 0 bridgehead atoms. The highest BCUT2D eigenvalue weighted by Gasteiger charge is 2.31. The number of hydrogen-bond donors (Lipinski definition) is 1. The summed E-state index contributed by atoms with van der Waals surface area (Å²) < 4.78 is 45.3. The van der Waals surface area contributed by atoms with Crippen LogP contribution in [0.5, 0.6) is 11.6 Å². The Bertz CT molecular complexity index is 660. The summed E-state index contributed by atoms with van der Waals surface area (Å²) in [5.74, 6) is -0.0847. The molecule has 2 aromatic rings. The van der Waals surface area contributed by atoms with E-state index < -0.39 is 12.5 Å². The Labute approximate surface area is 130 Å². The van der Waals surface area contributed by atoms with Gasteiger partial charge in [-0.2, -0.15) is 5.10 Å². The van der Waals surface area contributed by atoms with Crippen LogP contribution >= 0.6 is 0 Å². The first-order chi connectivity index (χ1) is 10.7. The van der Waals surface area contributed by atoms with Gasteiger partial charge in [-0.25, -0.2) is 0 Å². The molecule has 0 aliphatic carbocycles. The van der Waals surface area contributed by atoms with Gasteiger partial charge in [0.15, 0.2) is 0 Å². The molecule has 124 valence electrons. The van der Waals surface area contributed by atoms with Crippen LogP contribution in [0.3, 0.4) is 0 Å². The molecule has 8 heteroatoms. The summed E-state index contributed by atoms with van der Waals surface area (Å²) in [5.41, 5.74) is 2.08. The minimum Gasteiger partial charge on any atom is -0.473 e. The summed E-state index contributed by atoms with van der Waals surface area (Å²) in [5, 5.41) is 17.7. The Balaban J connectivity index is 1.95. The van der Waals surface area contributed by atoms with Gasteiger partial charge < -0.3 is 14.6 Å². The van der Waals surface area contributed by atoms with Crippen molar-refractivity contribution in [3.8, 4) is 11.6 Å². The minimum absolute atomic E-state index is 0.101. The first-order valence-corrected chi connectivity index (χ1v) is 6.72. The number of aryl methyl sites for hydroxylation is 2. The van der Waals surface area contributed by atoms with Gasteiger partial charge >= 0.3 is 6.36 Å². The average Bonchev–Trinajstić information content (AvgIpc) is 2.47. The second-order valence-corrected chi connectivity index (χ2v) is 4.89. The van der Waals surface area contributed by atoms with Crippen molar-refractivity contribution in [2.75, 3.05) is 6.61 Å². The Morgan fingerprint density at radius 1 is 1.13 bits per heavy atom. The molecule has 2 rings (SSSR count). The summed E-state index contributed by atoms with van der Waals surface area (Å²) in [6.07, 6.45) is -5.76. The third-order valence-corrected chi connectivity index (χ3v) is 3.10. The van der Waals surface area contributed by atoms with Gasteiger partial charge in [0, 0.05) is 6.07 Å². The van der Waals surface area contributed by atoms with Crippen LogP contribution < -0.4 is 9.47 Å². The van der Waals surface area contributed by atoms with E-state index in [-0.39, 0.29) is 18.2 Å². The van der Waals surface area contributed by atoms with Crippen LogP contribution in [-0.2, 0) is 0 Å². The lowest BCUT2D eigenvalue weighted by molar-refractivity contribution is -0.274. The van der Waals surface area contributed by atoms with Crippen molar-refractivity contribution in [2.45, 2.75) is 26.3 Å². The van der Waals surface area contributed by atoms with Crippen LogP contribution in [0.1, 0.15) is 22.9 Å². The summed E-state index contributed by atoms with van der Waals surface area (Å²) >= 11 is 0. The van der Waals surface area contributed by atoms with E-state index in [2.05, 4.69) is 14.9 Å². The van der Waals surface area contributed by atoms with Crippen molar-refractivity contribution < 1.29 is 27.8 Å². The van der Waals surface area contributed by atoms with Gasteiger partial charge in [0.1, 0.15) is 18.5 Å². The largest absolute Gasteiger partial charge is 0.573 e. The maximum atomic E-state index is 12.1. The predicted molar refractivity (Wildman–Crippen MR) is 75.1 cm³/mol. The number of halogens is 3. The van der Waals surface area contributed by atoms with Crippen LogP contribution in [0.2, 0.25) is 0 Å². The van der Waals surface area contributed by atoms with E-state index in [1.54, 1.807) is 6.07 Å². The maximum absolute atomic E-state index is 12.1. The van der Waals surface area contributed by atoms with Gasteiger partial charge in [-0.15, -0.1) is 18.3 Å². The fourth-order valence-corrected chi connectivity index (χ4v) is 1.74. The van der Waals surface area contributed by atoms with Gasteiger partial charge in [0.25, 0.3) is 0 Å². The number of alkyl halides is 3. The number of aromatic nitrogens is 2. The lowest BCUT2D eigenvalue weighted by Gasteiger charge is -2.13. The average molecular weight is 328 g/mol. The van der Waals surface area contributed by atoms with Crippen LogP contribution in [0.4, 0.5) is 13.2 Å². The molecular weight excluding hydrogens is 313 g/mol. The molecule has 1 unspecified atom stereocenters. The van der Waals surface area contributed by atoms with Crippen molar-refractivity contribution in [3.63, 3.8) is 0 Å². The molecule has 0 amide bonds. The molecule has 0 radical (unpaired) electrons. The van der Waals surface area contributed by atoms with Crippen LogP contribution in [0.25, 0.3) is 0 Å². The number of ether oxygens (including phenoxy) is 2. The standard InChI is InChI=1S/C15H15F3N2O3/c1-9-7-14(20-19-10(9)2)22-8-13(21)11-3-5-12(6-4-11)23-15(16,17)18/h3-7,13,21H,8H2,1-2H3. The number of benzene rings is 1. The zero-order chi connectivity index (χ0) is 17.0. The van der Waals surface area contributed by atoms with E-state index >= 15 is 0 Å². The quantitative estimate of drug-likeness (QED) is 0.914. The Morgan fingerprint density at radius 2 is 1.78 bits per heavy atom. The van der Waals surface area contributed by atoms with E-state index in [1.807, 2.05) is 13.8 Å². The summed E-state index contributed by atoms with van der Waals surface area (Å²) in [6, 6.07) is 6.61. The van der Waals surface area contributed by atoms with Crippen LogP contribution in [0.15, 0.2) is 30.3 Å². The monoisotopic (exact) mass is 328 g/mol. The molecule has 1 aromatic carbocycles. The summed E-state index contributed by atoms with van der Waals surface area (Å²) in [6.45, 7) is 3.56. The molecular formula is C15H15F3N2O3. The van der Waals surface area contributed by atoms with E-state index in [1.165, 1.54) is 12.1 Å².